The van der Waals surface area contributed by atoms with E-state index in [-0.39, 0.29) is 10.5 Å². The van der Waals surface area contributed by atoms with Crippen LogP contribution in [0.5, 0.6) is 0 Å². The minimum absolute atomic E-state index is 0.0805. The fourth-order valence-electron chi connectivity index (χ4n) is 2.63. The van der Waals surface area contributed by atoms with Gasteiger partial charge in [0.1, 0.15) is 0 Å². The first-order chi connectivity index (χ1) is 13.2. The molecule has 0 saturated heterocycles. The Kier molecular flexibility index (Phi) is 7.34. The van der Waals surface area contributed by atoms with Gasteiger partial charge in [0.25, 0.3) is 5.91 Å². The highest BCUT2D eigenvalue weighted by molar-refractivity contribution is 7.90. The summed E-state index contributed by atoms with van der Waals surface area (Å²) >= 11 is 0. The van der Waals surface area contributed by atoms with Gasteiger partial charge in [0.15, 0.2) is 16.4 Å². The maximum absolute atomic E-state index is 12.1. The van der Waals surface area contributed by atoms with Crippen molar-refractivity contribution in [2.75, 3.05) is 19.4 Å². The van der Waals surface area contributed by atoms with Crippen LogP contribution >= 0.6 is 0 Å². The number of hydrogen-bond donors (Lipinski definition) is 1. The van der Waals surface area contributed by atoms with Gasteiger partial charge in [-0.15, -0.1) is 0 Å². The maximum atomic E-state index is 12.1. The molecule has 0 heterocycles. The molecule has 6 nitrogen and oxygen atoms in total. The highest BCUT2D eigenvalue weighted by Crippen LogP contribution is 2.16. The summed E-state index contributed by atoms with van der Waals surface area (Å²) in [4.78, 5) is 23.9. The molecule has 0 aromatic heterocycles. The molecule has 0 spiro atoms. The number of amides is 1. The lowest BCUT2D eigenvalue weighted by Gasteiger charge is -2.09. The third kappa shape index (κ3) is 6.20. The molecule has 7 heteroatoms. The summed E-state index contributed by atoms with van der Waals surface area (Å²) in [6, 6.07) is 14.0. The predicted octanol–water partition coefficient (Wildman–Crippen LogP) is 2.73. The number of nitrogens with one attached hydrogen (secondary N) is 1. The SMILES string of the molecule is CC(C)c1ccc(CCNC(=O)COC(=O)c2ccccc2S(C)(=O)=O)cc1. The summed E-state index contributed by atoms with van der Waals surface area (Å²) < 4.78 is 28.4. The standard InChI is InChI=1S/C21H25NO5S/c1-15(2)17-10-8-16(9-11-17)12-13-22-20(23)14-27-21(24)18-6-4-5-7-19(18)28(3,25)26/h4-11,15H,12-14H2,1-3H3,(H,22,23). The lowest BCUT2D eigenvalue weighted by Crippen LogP contribution is -2.30. The first kappa shape index (κ1) is 21.6. The van der Waals surface area contributed by atoms with Crippen LogP contribution in [-0.4, -0.2) is 39.7 Å². The van der Waals surface area contributed by atoms with E-state index in [1.165, 1.54) is 29.8 Å². The average Bonchev–Trinajstić information content (AvgIpc) is 2.66. The van der Waals surface area contributed by atoms with E-state index in [2.05, 4.69) is 31.3 Å². The van der Waals surface area contributed by atoms with Gasteiger partial charge in [-0.3, -0.25) is 4.79 Å². The van der Waals surface area contributed by atoms with Crippen molar-refractivity contribution in [3.05, 3.63) is 65.2 Å². The molecule has 0 bridgehead atoms. The third-order valence-electron chi connectivity index (χ3n) is 4.22. The lowest BCUT2D eigenvalue weighted by molar-refractivity contribution is -0.124. The van der Waals surface area contributed by atoms with E-state index in [0.29, 0.717) is 18.9 Å². The molecule has 0 aliphatic heterocycles. The van der Waals surface area contributed by atoms with Crippen LogP contribution in [0.25, 0.3) is 0 Å². The van der Waals surface area contributed by atoms with Crippen LogP contribution in [0, 0.1) is 0 Å². The molecular formula is C21H25NO5S. The molecule has 150 valence electrons. The Morgan fingerprint density at radius 1 is 1.04 bits per heavy atom. The highest BCUT2D eigenvalue weighted by atomic mass is 32.2. The summed E-state index contributed by atoms with van der Waals surface area (Å²) in [5.41, 5.74) is 2.28. The topological polar surface area (TPSA) is 89.5 Å². The molecule has 2 aromatic carbocycles. The molecule has 28 heavy (non-hydrogen) atoms. The first-order valence-electron chi connectivity index (χ1n) is 9.00. The van der Waals surface area contributed by atoms with Crippen LogP contribution < -0.4 is 5.32 Å². The molecule has 0 aliphatic carbocycles. The number of rotatable bonds is 8. The van der Waals surface area contributed by atoms with E-state index in [1.807, 2.05) is 12.1 Å². The second kappa shape index (κ2) is 9.50. The van der Waals surface area contributed by atoms with Crippen LogP contribution in [0.2, 0.25) is 0 Å². The summed E-state index contributed by atoms with van der Waals surface area (Å²) in [5.74, 6) is -0.819. The highest BCUT2D eigenvalue weighted by Gasteiger charge is 2.19. The third-order valence-corrected chi connectivity index (χ3v) is 5.38. The van der Waals surface area contributed by atoms with Crippen LogP contribution in [0.1, 0.15) is 41.3 Å². The Bertz CT molecular complexity index is 934. The van der Waals surface area contributed by atoms with Crippen molar-refractivity contribution in [1.82, 2.24) is 5.32 Å². The molecule has 1 N–H and O–H groups in total. The summed E-state index contributed by atoms with van der Waals surface area (Å²) in [5, 5.41) is 2.69. The minimum Gasteiger partial charge on any atom is -0.452 e. The van der Waals surface area contributed by atoms with Crippen molar-refractivity contribution >= 4 is 21.7 Å². The number of esters is 1. The fourth-order valence-corrected chi connectivity index (χ4v) is 3.51. The van der Waals surface area contributed by atoms with E-state index >= 15 is 0 Å². The zero-order valence-corrected chi connectivity index (χ0v) is 17.1. The number of ether oxygens (including phenoxy) is 1. The van der Waals surface area contributed by atoms with Crippen LogP contribution in [0.15, 0.2) is 53.4 Å². The average molecular weight is 404 g/mol. The van der Waals surface area contributed by atoms with Gasteiger partial charge >= 0.3 is 5.97 Å². The van der Waals surface area contributed by atoms with Gasteiger partial charge in [-0.05, 0) is 35.6 Å². The zero-order valence-electron chi connectivity index (χ0n) is 16.3. The van der Waals surface area contributed by atoms with Gasteiger partial charge in [0.2, 0.25) is 0 Å². The van der Waals surface area contributed by atoms with Crippen molar-refractivity contribution in [3.63, 3.8) is 0 Å². The van der Waals surface area contributed by atoms with Gasteiger partial charge in [0, 0.05) is 12.8 Å². The van der Waals surface area contributed by atoms with Crippen molar-refractivity contribution in [3.8, 4) is 0 Å². The molecule has 0 radical (unpaired) electrons. The molecule has 0 atom stereocenters. The smallest absolute Gasteiger partial charge is 0.339 e. The molecule has 0 unspecified atom stereocenters. The fraction of sp³-hybridized carbons (Fsp3) is 0.333. The van der Waals surface area contributed by atoms with Crippen LogP contribution in [0.4, 0.5) is 0 Å². The second-order valence-corrected chi connectivity index (χ2v) is 8.82. The Morgan fingerprint density at radius 3 is 2.29 bits per heavy atom. The predicted molar refractivity (Wildman–Crippen MR) is 107 cm³/mol. The molecule has 0 fully saturated rings. The quantitative estimate of drug-likeness (QED) is 0.685. The van der Waals surface area contributed by atoms with Gasteiger partial charge in [-0.2, -0.15) is 0 Å². The first-order valence-corrected chi connectivity index (χ1v) is 10.9. The second-order valence-electron chi connectivity index (χ2n) is 6.84. The zero-order chi connectivity index (χ0) is 20.7. The summed E-state index contributed by atoms with van der Waals surface area (Å²) in [7, 11) is -3.57. The number of sulfone groups is 1. The molecule has 2 aromatic rings. The normalized spacial score (nSPS) is 11.3. The molecule has 2 rings (SSSR count). The van der Waals surface area contributed by atoms with E-state index in [4.69, 9.17) is 4.74 Å². The largest absolute Gasteiger partial charge is 0.452 e. The van der Waals surface area contributed by atoms with Gasteiger partial charge in [0.05, 0.1) is 10.5 Å². The van der Waals surface area contributed by atoms with Gasteiger partial charge in [-0.25, -0.2) is 13.2 Å². The van der Waals surface area contributed by atoms with Crippen molar-refractivity contribution < 1.29 is 22.7 Å². The lowest BCUT2D eigenvalue weighted by atomic mass is 10.0. The minimum atomic E-state index is -3.57. The Balaban J connectivity index is 1.82. The Hall–Kier alpha value is -2.67. The number of carbonyl (C=O) groups excluding carboxylic acids is 2. The van der Waals surface area contributed by atoms with Gasteiger partial charge in [-0.1, -0.05) is 50.2 Å². The number of benzene rings is 2. The van der Waals surface area contributed by atoms with Crippen LogP contribution in [0.3, 0.4) is 0 Å². The van der Waals surface area contributed by atoms with Crippen molar-refractivity contribution in [2.45, 2.75) is 31.1 Å². The monoisotopic (exact) mass is 403 g/mol. The molecular weight excluding hydrogens is 378 g/mol. The maximum Gasteiger partial charge on any atom is 0.339 e. The summed E-state index contributed by atoms with van der Waals surface area (Å²) in [6.07, 6.45) is 1.68. The number of carbonyl (C=O) groups is 2. The molecule has 0 saturated carbocycles. The molecule has 0 aliphatic rings. The van der Waals surface area contributed by atoms with Crippen LogP contribution in [-0.2, 0) is 25.8 Å². The van der Waals surface area contributed by atoms with Crippen molar-refractivity contribution in [2.24, 2.45) is 0 Å². The summed E-state index contributed by atoms with van der Waals surface area (Å²) in [6.45, 7) is 4.20. The van der Waals surface area contributed by atoms with E-state index in [1.54, 1.807) is 0 Å². The Morgan fingerprint density at radius 2 is 1.68 bits per heavy atom. The van der Waals surface area contributed by atoms with E-state index < -0.39 is 28.3 Å². The van der Waals surface area contributed by atoms with E-state index in [9.17, 15) is 18.0 Å². The van der Waals surface area contributed by atoms with Crippen molar-refractivity contribution in [1.29, 1.82) is 0 Å². The Labute approximate surface area is 165 Å². The van der Waals surface area contributed by atoms with Gasteiger partial charge < -0.3 is 10.1 Å². The molecule has 1 amide bonds. The number of hydrogen-bond acceptors (Lipinski definition) is 5. The van der Waals surface area contributed by atoms with E-state index in [0.717, 1.165) is 11.8 Å².